The Labute approximate surface area is 179 Å². The smallest absolute Gasteiger partial charge is 0.258 e. The molecule has 1 aromatic heterocycles. The third-order valence-corrected chi connectivity index (χ3v) is 5.34. The maximum Gasteiger partial charge on any atom is 0.258 e. The highest BCUT2D eigenvalue weighted by molar-refractivity contribution is 6.31. The Hall–Kier alpha value is -3.25. The molecule has 6 nitrogen and oxygen atoms in total. The van der Waals surface area contributed by atoms with E-state index < -0.39 is 0 Å². The lowest BCUT2D eigenvalue weighted by atomic mass is 10.2. The fraction of sp³-hybridized carbons (Fsp3) is 0.217. The molecule has 0 atom stereocenters. The number of ether oxygens (including phenoxy) is 1. The van der Waals surface area contributed by atoms with Crippen molar-refractivity contribution in [3.8, 4) is 5.75 Å². The predicted molar refractivity (Wildman–Crippen MR) is 115 cm³/mol. The van der Waals surface area contributed by atoms with Gasteiger partial charge in [-0.1, -0.05) is 48.0 Å². The molecule has 2 aromatic carbocycles. The molecule has 0 saturated heterocycles. The minimum atomic E-state index is -0.355. The Morgan fingerprint density at radius 1 is 1.17 bits per heavy atom. The van der Waals surface area contributed by atoms with Gasteiger partial charge in [-0.05, 0) is 29.7 Å². The lowest BCUT2D eigenvalue weighted by Gasteiger charge is -2.18. The lowest BCUT2D eigenvalue weighted by molar-refractivity contribution is -0.123. The standard InChI is InChI=1S/C23H21ClN2O4/c24-19-7-3-1-6-17(19)12-25-23(28)15-30-22-14-29-18(11-21(22)27)13-26-10-9-16-5-2-4-8-20(16)26/h1-8,11,14H,9-10,12-13,15H2,(H,25,28). The van der Waals surface area contributed by atoms with Crippen LogP contribution in [0.3, 0.4) is 0 Å². The van der Waals surface area contributed by atoms with E-state index in [0.29, 0.717) is 17.3 Å². The highest BCUT2D eigenvalue weighted by Crippen LogP contribution is 2.28. The van der Waals surface area contributed by atoms with Crippen LogP contribution in [0.2, 0.25) is 5.02 Å². The first-order valence-corrected chi connectivity index (χ1v) is 10.1. The summed E-state index contributed by atoms with van der Waals surface area (Å²) in [6.45, 7) is 1.39. The fourth-order valence-electron chi connectivity index (χ4n) is 3.42. The summed E-state index contributed by atoms with van der Waals surface area (Å²) >= 11 is 6.07. The van der Waals surface area contributed by atoms with Gasteiger partial charge in [0.2, 0.25) is 11.2 Å². The van der Waals surface area contributed by atoms with Crippen LogP contribution in [0.5, 0.6) is 5.75 Å². The lowest BCUT2D eigenvalue weighted by Crippen LogP contribution is -2.29. The second kappa shape index (κ2) is 9.05. The van der Waals surface area contributed by atoms with Crippen molar-refractivity contribution in [1.82, 2.24) is 5.32 Å². The quantitative estimate of drug-likeness (QED) is 0.628. The minimum absolute atomic E-state index is 0.00784. The van der Waals surface area contributed by atoms with Crippen molar-refractivity contribution < 1.29 is 13.9 Å². The van der Waals surface area contributed by atoms with E-state index in [0.717, 1.165) is 24.2 Å². The molecule has 30 heavy (non-hydrogen) atoms. The fourth-order valence-corrected chi connectivity index (χ4v) is 3.62. The van der Waals surface area contributed by atoms with Gasteiger partial charge in [-0.3, -0.25) is 9.59 Å². The summed E-state index contributed by atoms with van der Waals surface area (Å²) in [6, 6.07) is 16.9. The number of halogens is 1. The first-order valence-electron chi connectivity index (χ1n) is 9.67. The Bertz CT molecular complexity index is 1110. The summed E-state index contributed by atoms with van der Waals surface area (Å²) < 4.78 is 10.9. The van der Waals surface area contributed by atoms with Crippen molar-refractivity contribution in [2.24, 2.45) is 0 Å². The molecule has 0 fully saturated rings. The SMILES string of the molecule is O=C(COc1coc(CN2CCc3ccccc32)cc1=O)NCc1ccccc1Cl. The number of benzene rings is 2. The number of fused-ring (bicyclic) bond motifs is 1. The summed E-state index contributed by atoms with van der Waals surface area (Å²) in [5, 5.41) is 3.29. The normalized spacial score (nSPS) is 12.5. The van der Waals surface area contributed by atoms with Crippen molar-refractivity contribution >= 4 is 23.2 Å². The summed E-state index contributed by atoms with van der Waals surface area (Å²) in [4.78, 5) is 26.5. The third-order valence-electron chi connectivity index (χ3n) is 4.97. The summed E-state index contributed by atoms with van der Waals surface area (Å²) in [7, 11) is 0. The number of hydrogen-bond acceptors (Lipinski definition) is 5. The molecule has 0 aliphatic carbocycles. The zero-order valence-corrected chi connectivity index (χ0v) is 17.0. The molecule has 1 aliphatic rings. The Morgan fingerprint density at radius 2 is 1.97 bits per heavy atom. The first kappa shape index (κ1) is 20.0. The van der Waals surface area contributed by atoms with Crippen molar-refractivity contribution in [2.75, 3.05) is 18.1 Å². The predicted octanol–water partition coefficient (Wildman–Crippen LogP) is 3.55. The van der Waals surface area contributed by atoms with E-state index in [1.165, 1.54) is 17.9 Å². The molecule has 4 rings (SSSR count). The van der Waals surface area contributed by atoms with E-state index in [1.54, 1.807) is 6.07 Å². The van der Waals surface area contributed by atoms with Crippen molar-refractivity contribution in [3.05, 3.63) is 93.0 Å². The number of hydrogen-bond donors (Lipinski definition) is 1. The second-order valence-corrected chi connectivity index (χ2v) is 7.44. The van der Waals surface area contributed by atoms with Gasteiger partial charge in [0.1, 0.15) is 12.0 Å². The number of nitrogens with one attached hydrogen (secondary N) is 1. The van der Waals surface area contributed by atoms with Crippen LogP contribution in [0, 0.1) is 0 Å². The first-order chi connectivity index (χ1) is 14.6. The van der Waals surface area contributed by atoms with Crippen LogP contribution in [0.4, 0.5) is 5.69 Å². The van der Waals surface area contributed by atoms with E-state index in [2.05, 4.69) is 22.3 Å². The molecule has 7 heteroatoms. The minimum Gasteiger partial charge on any atom is -0.477 e. The number of amides is 1. The van der Waals surface area contributed by atoms with Gasteiger partial charge in [-0.2, -0.15) is 0 Å². The number of para-hydroxylation sites is 1. The largest absolute Gasteiger partial charge is 0.477 e. The van der Waals surface area contributed by atoms with E-state index in [9.17, 15) is 9.59 Å². The molecule has 1 amide bonds. The monoisotopic (exact) mass is 424 g/mol. The van der Waals surface area contributed by atoms with E-state index in [4.69, 9.17) is 20.8 Å². The maximum atomic E-state index is 12.3. The molecular weight excluding hydrogens is 404 g/mol. The van der Waals surface area contributed by atoms with Gasteiger partial charge in [-0.25, -0.2) is 0 Å². The average molecular weight is 425 g/mol. The van der Waals surface area contributed by atoms with Crippen LogP contribution in [-0.2, 0) is 24.3 Å². The highest BCUT2D eigenvalue weighted by Gasteiger charge is 2.19. The molecule has 1 aliphatic heterocycles. The van der Waals surface area contributed by atoms with Gasteiger partial charge in [0.25, 0.3) is 5.91 Å². The zero-order chi connectivity index (χ0) is 20.9. The van der Waals surface area contributed by atoms with E-state index >= 15 is 0 Å². The van der Waals surface area contributed by atoms with Crippen molar-refractivity contribution in [2.45, 2.75) is 19.5 Å². The van der Waals surface area contributed by atoms with Crippen molar-refractivity contribution in [3.63, 3.8) is 0 Å². The van der Waals surface area contributed by atoms with Crippen LogP contribution in [0.1, 0.15) is 16.9 Å². The van der Waals surface area contributed by atoms with Gasteiger partial charge >= 0.3 is 0 Å². The summed E-state index contributed by atoms with van der Waals surface area (Å²) in [6.07, 6.45) is 2.24. The number of carbonyl (C=O) groups is 1. The molecule has 154 valence electrons. The summed E-state index contributed by atoms with van der Waals surface area (Å²) in [5.74, 6) is 0.202. The van der Waals surface area contributed by atoms with Gasteiger partial charge in [0.15, 0.2) is 6.61 Å². The Kier molecular flexibility index (Phi) is 6.05. The van der Waals surface area contributed by atoms with Crippen LogP contribution in [-0.4, -0.2) is 19.1 Å². The molecule has 0 bridgehead atoms. The van der Waals surface area contributed by atoms with Gasteiger partial charge in [-0.15, -0.1) is 0 Å². The molecule has 1 N–H and O–H groups in total. The van der Waals surface area contributed by atoms with E-state index in [-0.39, 0.29) is 30.2 Å². The van der Waals surface area contributed by atoms with Gasteiger partial charge < -0.3 is 19.4 Å². The third kappa shape index (κ3) is 4.66. The van der Waals surface area contributed by atoms with Crippen LogP contribution in [0.15, 0.2) is 70.1 Å². The number of rotatable bonds is 7. The van der Waals surface area contributed by atoms with Crippen molar-refractivity contribution in [1.29, 1.82) is 0 Å². The van der Waals surface area contributed by atoms with Gasteiger partial charge in [0, 0.05) is 29.9 Å². The molecule has 0 spiro atoms. The maximum absolute atomic E-state index is 12.3. The number of nitrogens with zero attached hydrogens (tertiary/aromatic N) is 1. The molecular formula is C23H21ClN2O4. The Morgan fingerprint density at radius 3 is 2.80 bits per heavy atom. The Balaban J connectivity index is 1.31. The average Bonchev–Trinajstić information content (AvgIpc) is 3.15. The molecule has 0 radical (unpaired) electrons. The summed E-state index contributed by atoms with van der Waals surface area (Å²) in [5.41, 5.74) is 2.95. The molecule has 3 aromatic rings. The number of anilines is 1. The van der Waals surface area contributed by atoms with Crippen LogP contribution < -0.4 is 20.4 Å². The molecule has 0 unspecified atom stereocenters. The van der Waals surface area contributed by atoms with E-state index in [1.807, 2.05) is 30.3 Å². The van der Waals surface area contributed by atoms with Crippen LogP contribution >= 0.6 is 11.6 Å². The second-order valence-electron chi connectivity index (χ2n) is 7.03. The topological polar surface area (TPSA) is 71.8 Å². The van der Waals surface area contributed by atoms with Crippen LogP contribution in [0.25, 0.3) is 0 Å². The molecule has 2 heterocycles. The highest BCUT2D eigenvalue weighted by atomic mass is 35.5. The molecule has 0 saturated carbocycles. The zero-order valence-electron chi connectivity index (χ0n) is 16.3. The number of carbonyl (C=O) groups excluding carboxylic acids is 1. The van der Waals surface area contributed by atoms with Gasteiger partial charge in [0.05, 0.1) is 6.54 Å².